The predicted octanol–water partition coefficient (Wildman–Crippen LogP) is 1.60. The Kier molecular flexibility index (Phi) is 2.63. The van der Waals surface area contributed by atoms with Crippen LogP contribution < -0.4 is 0 Å². The lowest BCUT2D eigenvalue weighted by Crippen LogP contribution is -2.13. The van der Waals surface area contributed by atoms with Gasteiger partial charge in [-0.3, -0.25) is 4.79 Å². The molecular weight excluding hydrogens is 142 g/mol. The first-order chi connectivity index (χ1) is 5.29. The van der Waals surface area contributed by atoms with Gasteiger partial charge in [-0.1, -0.05) is 18.5 Å². The number of carbonyl (C=O) groups is 1. The Labute approximate surface area is 66.1 Å². The van der Waals surface area contributed by atoms with E-state index in [1.165, 1.54) is 0 Å². The molecule has 1 rings (SSSR count). The van der Waals surface area contributed by atoms with Gasteiger partial charge in [0.25, 0.3) is 0 Å². The highest BCUT2D eigenvalue weighted by atomic mass is 16.4. The van der Waals surface area contributed by atoms with Crippen LogP contribution in [0.2, 0.25) is 0 Å². The number of carbonyl (C=O) groups excluding carboxylic acids is 1. The van der Waals surface area contributed by atoms with Crippen LogP contribution in [0.4, 0.5) is 0 Å². The van der Waals surface area contributed by atoms with Gasteiger partial charge < -0.3 is 5.21 Å². The molecule has 0 spiro atoms. The molecular formula is C8H13NO2. The van der Waals surface area contributed by atoms with Gasteiger partial charge in [-0.25, -0.2) is 0 Å². The number of nitrogens with zero attached hydrogens (tertiary/aromatic N) is 1. The Morgan fingerprint density at radius 3 is 2.91 bits per heavy atom. The van der Waals surface area contributed by atoms with Crippen LogP contribution in [0, 0.1) is 5.92 Å². The summed E-state index contributed by atoms with van der Waals surface area (Å²) in [5, 5.41) is 11.4. The first-order valence-corrected chi connectivity index (χ1v) is 4.04. The van der Waals surface area contributed by atoms with Crippen molar-refractivity contribution in [1.29, 1.82) is 0 Å². The fraction of sp³-hybridized carbons (Fsp3) is 0.750. The van der Waals surface area contributed by atoms with E-state index < -0.39 is 0 Å². The molecule has 1 aliphatic rings. The van der Waals surface area contributed by atoms with Gasteiger partial charge in [0.2, 0.25) is 0 Å². The van der Waals surface area contributed by atoms with Gasteiger partial charge in [-0.15, -0.1) is 0 Å². The molecule has 1 aliphatic carbocycles. The maximum atomic E-state index is 11.2. The number of oxime groups is 1. The first-order valence-electron chi connectivity index (χ1n) is 4.04. The van der Waals surface area contributed by atoms with Gasteiger partial charge in [-0.2, -0.15) is 0 Å². The fourth-order valence-electron chi connectivity index (χ4n) is 1.52. The molecule has 3 nitrogen and oxygen atoms in total. The summed E-state index contributed by atoms with van der Waals surface area (Å²) in [5.41, 5.74) is 0.364. The van der Waals surface area contributed by atoms with Gasteiger partial charge in [0, 0.05) is 5.92 Å². The number of Topliss-reactive ketones (excluding diaryl/α,β-unsaturated/α-hetero) is 1. The van der Waals surface area contributed by atoms with Crippen molar-refractivity contribution in [2.75, 3.05) is 0 Å². The van der Waals surface area contributed by atoms with Crippen molar-refractivity contribution >= 4 is 11.5 Å². The van der Waals surface area contributed by atoms with Crippen molar-refractivity contribution in [2.24, 2.45) is 11.1 Å². The van der Waals surface area contributed by atoms with Crippen molar-refractivity contribution in [1.82, 2.24) is 0 Å². The number of ketones is 1. The monoisotopic (exact) mass is 155 g/mol. The number of rotatable bonds is 2. The maximum Gasteiger partial charge on any atom is 0.183 e. The molecule has 11 heavy (non-hydrogen) atoms. The lowest BCUT2D eigenvalue weighted by Gasteiger charge is -2.02. The summed E-state index contributed by atoms with van der Waals surface area (Å²) >= 11 is 0. The van der Waals surface area contributed by atoms with Gasteiger partial charge in [0.15, 0.2) is 5.78 Å². The number of hydrogen-bond acceptors (Lipinski definition) is 3. The van der Waals surface area contributed by atoms with Crippen LogP contribution in [0.25, 0.3) is 0 Å². The fourth-order valence-corrected chi connectivity index (χ4v) is 1.52. The summed E-state index contributed by atoms with van der Waals surface area (Å²) in [6, 6.07) is 0. The first kappa shape index (κ1) is 8.24. The SMILES string of the molecule is CCCC1CC/C(=N\O)C1=O. The molecule has 0 aromatic rings. The minimum atomic E-state index is 0.0503. The zero-order valence-corrected chi connectivity index (χ0v) is 6.71. The van der Waals surface area contributed by atoms with Gasteiger partial charge in [0.05, 0.1) is 0 Å². The molecule has 0 amide bonds. The van der Waals surface area contributed by atoms with Gasteiger partial charge in [0.1, 0.15) is 5.71 Å². The molecule has 0 aromatic heterocycles. The van der Waals surface area contributed by atoms with Gasteiger partial charge >= 0.3 is 0 Å². The molecule has 3 heteroatoms. The molecule has 1 atom stereocenters. The van der Waals surface area contributed by atoms with Crippen molar-refractivity contribution in [3.05, 3.63) is 0 Å². The Morgan fingerprint density at radius 2 is 2.45 bits per heavy atom. The van der Waals surface area contributed by atoms with E-state index in [9.17, 15) is 4.79 Å². The second-order valence-corrected chi connectivity index (χ2v) is 2.94. The molecule has 0 bridgehead atoms. The molecule has 1 saturated carbocycles. The summed E-state index contributed by atoms with van der Waals surface area (Å²) in [6.07, 6.45) is 3.47. The summed E-state index contributed by atoms with van der Waals surface area (Å²) in [7, 11) is 0. The normalized spacial score (nSPS) is 28.3. The van der Waals surface area contributed by atoms with E-state index in [4.69, 9.17) is 5.21 Å². The van der Waals surface area contributed by atoms with Crippen molar-refractivity contribution in [2.45, 2.75) is 32.6 Å². The topological polar surface area (TPSA) is 49.7 Å². The Morgan fingerprint density at radius 1 is 1.73 bits per heavy atom. The molecule has 0 aromatic carbocycles. The lowest BCUT2D eigenvalue weighted by molar-refractivity contribution is -0.115. The second kappa shape index (κ2) is 3.51. The highest BCUT2D eigenvalue weighted by Gasteiger charge is 2.29. The highest BCUT2D eigenvalue weighted by Crippen LogP contribution is 2.23. The van der Waals surface area contributed by atoms with E-state index in [0.29, 0.717) is 12.1 Å². The maximum absolute atomic E-state index is 11.2. The van der Waals surface area contributed by atoms with E-state index in [2.05, 4.69) is 12.1 Å². The highest BCUT2D eigenvalue weighted by molar-refractivity contribution is 6.42. The average Bonchev–Trinajstić information content (AvgIpc) is 2.34. The van der Waals surface area contributed by atoms with Gasteiger partial charge in [-0.05, 0) is 19.3 Å². The largest absolute Gasteiger partial charge is 0.411 e. The standard InChI is InChI=1S/C8H13NO2/c1-2-3-6-4-5-7(9-11)8(6)10/h6,11H,2-5H2,1H3/b9-7+. The van der Waals surface area contributed by atoms with Crippen molar-refractivity contribution in [3.8, 4) is 0 Å². The van der Waals surface area contributed by atoms with Crippen molar-refractivity contribution in [3.63, 3.8) is 0 Å². The zero-order chi connectivity index (χ0) is 8.27. The van der Waals surface area contributed by atoms with E-state index in [1.54, 1.807) is 0 Å². The number of hydrogen-bond donors (Lipinski definition) is 1. The third-order valence-electron chi connectivity index (χ3n) is 2.14. The van der Waals surface area contributed by atoms with Crippen LogP contribution in [-0.4, -0.2) is 16.7 Å². The average molecular weight is 155 g/mol. The van der Waals surface area contributed by atoms with Crippen LogP contribution in [0.15, 0.2) is 5.16 Å². The predicted molar refractivity (Wildman–Crippen MR) is 41.9 cm³/mol. The molecule has 0 aliphatic heterocycles. The third-order valence-corrected chi connectivity index (χ3v) is 2.14. The summed E-state index contributed by atoms with van der Waals surface area (Å²) in [5.74, 6) is 0.181. The summed E-state index contributed by atoms with van der Waals surface area (Å²) in [6.45, 7) is 2.06. The molecule has 0 heterocycles. The van der Waals surface area contributed by atoms with Crippen LogP contribution in [-0.2, 0) is 4.79 Å². The molecule has 1 unspecified atom stereocenters. The third kappa shape index (κ3) is 1.59. The second-order valence-electron chi connectivity index (χ2n) is 2.94. The summed E-state index contributed by atoms with van der Waals surface area (Å²) < 4.78 is 0. The smallest absolute Gasteiger partial charge is 0.183 e. The lowest BCUT2D eigenvalue weighted by atomic mass is 10.0. The Hall–Kier alpha value is -0.860. The van der Waals surface area contributed by atoms with E-state index in [1.807, 2.05) is 0 Å². The van der Waals surface area contributed by atoms with E-state index in [-0.39, 0.29) is 11.7 Å². The molecule has 0 saturated heterocycles. The van der Waals surface area contributed by atoms with E-state index in [0.717, 1.165) is 19.3 Å². The zero-order valence-electron chi connectivity index (χ0n) is 6.71. The summed E-state index contributed by atoms with van der Waals surface area (Å²) in [4.78, 5) is 11.2. The van der Waals surface area contributed by atoms with Crippen LogP contribution in [0.5, 0.6) is 0 Å². The molecule has 0 radical (unpaired) electrons. The van der Waals surface area contributed by atoms with Crippen LogP contribution >= 0.6 is 0 Å². The van der Waals surface area contributed by atoms with Crippen LogP contribution in [0.3, 0.4) is 0 Å². The van der Waals surface area contributed by atoms with Crippen molar-refractivity contribution < 1.29 is 10.0 Å². The minimum absolute atomic E-state index is 0.0503. The van der Waals surface area contributed by atoms with Crippen LogP contribution in [0.1, 0.15) is 32.6 Å². The quantitative estimate of drug-likeness (QED) is 0.486. The Bertz CT molecular complexity index is 187. The molecule has 1 fully saturated rings. The molecule has 1 N–H and O–H groups in total. The van der Waals surface area contributed by atoms with E-state index >= 15 is 0 Å². The Balaban J connectivity index is 2.56. The minimum Gasteiger partial charge on any atom is -0.411 e. The molecule has 62 valence electrons.